The van der Waals surface area contributed by atoms with Gasteiger partial charge in [-0.05, 0) is 139 Å². The standard InChI is InChI=1S/C44H63N2P/c1-30(2)22-23-37-16-15-21-40(47(38-17-11-9-12-18-38)39-19-13-10-14-20-39)41(37)44-45(42-33(5)26-31(3)27-34(42)6)24-25-46(44)43-35(7)28-32(4)29-36(43)8/h22-23,26-29,38-40H,9-21,24-25H2,1-8H3. The van der Waals surface area contributed by atoms with Gasteiger partial charge in [0.15, 0.2) is 0 Å². The summed E-state index contributed by atoms with van der Waals surface area (Å²) in [6, 6.07) is 9.69. The highest BCUT2D eigenvalue weighted by molar-refractivity contribution is 7.60. The monoisotopic (exact) mass is 650 g/mol. The van der Waals surface area contributed by atoms with E-state index in [0.29, 0.717) is 5.66 Å². The van der Waals surface area contributed by atoms with Gasteiger partial charge in [-0.15, -0.1) is 0 Å². The molecule has 254 valence electrons. The Labute approximate surface area is 289 Å². The van der Waals surface area contributed by atoms with Gasteiger partial charge in [0.25, 0.3) is 0 Å². The van der Waals surface area contributed by atoms with E-state index in [9.17, 15) is 0 Å². The number of aryl methyl sites for hydroxylation is 6. The number of hydrogen-bond donors (Lipinski definition) is 0. The minimum atomic E-state index is -0.113. The van der Waals surface area contributed by atoms with E-state index in [1.807, 2.05) is 0 Å². The van der Waals surface area contributed by atoms with Gasteiger partial charge in [-0.25, -0.2) is 0 Å². The Morgan fingerprint density at radius 1 is 0.617 bits per heavy atom. The van der Waals surface area contributed by atoms with Crippen LogP contribution in [0.3, 0.4) is 0 Å². The van der Waals surface area contributed by atoms with Crippen LogP contribution < -0.4 is 9.80 Å². The fourth-order valence-electron chi connectivity index (χ4n) is 10.1. The van der Waals surface area contributed by atoms with E-state index < -0.39 is 0 Å². The SMILES string of the molecule is CC(C)=CC=C1CCCC(P(C2CCCCC2)C2CCCCC2)C1=C1N(c2c(C)cc(C)cc2C)CCN1c1c(C)cc(C)cc1C. The molecule has 2 aromatic rings. The Morgan fingerprint density at radius 3 is 1.49 bits per heavy atom. The highest BCUT2D eigenvalue weighted by Gasteiger charge is 2.44. The van der Waals surface area contributed by atoms with Crippen molar-refractivity contribution < 1.29 is 0 Å². The molecule has 3 heteroatoms. The third kappa shape index (κ3) is 7.34. The summed E-state index contributed by atoms with van der Waals surface area (Å²) in [7, 11) is -0.113. The van der Waals surface area contributed by atoms with Crippen molar-refractivity contribution in [2.24, 2.45) is 0 Å². The number of rotatable bonds is 6. The van der Waals surface area contributed by atoms with Gasteiger partial charge in [-0.1, -0.05) is 99.6 Å². The largest absolute Gasteiger partial charge is 0.325 e. The molecule has 3 saturated carbocycles. The summed E-state index contributed by atoms with van der Waals surface area (Å²) in [5.41, 5.74) is 18.7. The van der Waals surface area contributed by atoms with Crippen molar-refractivity contribution in [2.45, 2.75) is 156 Å². The lowest BCUT2D eigenvalue weighted by Crippen LogP contribution is -2.35. The first-order chi connectivity index (χ1) is 22.6. The van der Waals surface area contributed by atoms with E-state index in [4.69, 9.17) is 0 Å². The normalized spacial score (nSPS) is 22.6. The van der Waals surface area contributed by atoms with Crippen molar-refractivity contribution in [1.82, 2.24) is 0 Å². The summed E-state index contributed by atoms with van der Waals surface area (Å²) in [5, 5.41) is 0. The predicted molar refractivity (Wildman–Crippen MR) is 209 cm³/mol. The van der Waals surface area contributed by atoms with Crippen LogP contribution in [0.2, 0.25) is 0 Å². The molecule has 1 saturated heterocycles. The Hall–Kier alpha value is -2.31. The van der Waals surface area contributed by atoms with E-state index >= 15 is 0 Å². The zero-order chi connectivity index (χ0) is 33.2. The average molecular weight is 651 g/mol. The zero-order valence-corrected chi connectivity index (χ0v) is 32.0. The molecule has 1 unspecified atom stereocenters. The molecular formula is C44H63N2P. The molecule has 0 bridgehead atoms. The molecule has 2 nitrogen and oxygen atoms in total. The highest BCUT2D eigenvalue weighted by Crippen LogP contribution is 2.64. The van der Waals surface area contributed by atoms with Gasteiger partial charge < -0.3 is 9.80 Å². The summed E-state index contributed by atoms with van der Waals surface area (Å²) in [6.45, 7) is 20.6. The van der Waals surface area contributed by atoms with Gasteiger partial charge in [0.2, 0.25) is 0 Å². The van der Waals surface area contributed by atoms with Crippen molar-refractivity contribution in [1.29, 1.82) is 0 Å². The number of benzene rings is 2. The van der Waals surface area contributed by atoms with Crippen molar-refractivity contribution >= 4 is 19.3 Å². The maximum Gasteiger partial charge on any atom is 0.117 e. The Morgan fingerprint density at radius 2 is 1.06 bits per heavy atom. The Kier molecular flexibility index (Phi) is 11.1. The minimum Gasteiger partial charge on any atom is -0.325 e. The smallest absolute Gasteiger partial charge is 0.117 e. The molecular weight excluding hydrogens is 587 g/mol. The second-order valence-electron chi connectivity index (χ2n) is 15.9. The third-order valence-corrected chi connectivity index (χ3v) is 15.6. The third-order valence-electron chi connectivity index (χ3n) is 11.7. The number of nitrogens with zero attached hydrogens (tertiary/aromatic N) is 2. The van der Waals surface area contributed by atoms with Gasteiger partial charge in [0.1, 0.15) is 5.82 Å². The fourth-order valence-corrected chi connectivity index (χ4v) is 14.7. The molecule has 1 atom stereocenters. The molecule has 1 heterocycles. The van der Waals surface area contributed by atoms with Crippen LogP contribution >= 0.6 is 7.92 Å². The van der Waals surface area contributed by atoms with Crippen LogP contribution in [-0.2, 0) is 0 Å². The van der Waals surface area contributed by atoms with Crippen LogP contribution in [0.1, 0.15) is 131 Å². The number of allylic oxidation sites excluding steroid dienone is 5. The van der Waals surface area contributed by atoms with Crippen LogP contribution in [0.15, 0.2) is 59.0 Å². The molecule has 6 rings (SSSR count). The van der Waals surface area contributed by atoms with E-state index in [0.717, 1.165) is 24.4 Å². The van der Waals surface area contributed by atoms with Gasteiger partial charge in [0.05, 0.1) is 0 Å². The van der Waals surface area contributed by atoms with Crippen LogP contribution in [0.5, 0.6) is 0 Å². The van der Waals surface area contributed by atoms with Crippen molar-refractivity contribution in [3.8, 4) is 0 Å². The molecule has 0 amide bonds. The van der Waals surface area contributed by atoms with Crippen LogP contribution in [-0.4, -0.2) is 30.1 Å². The van der Waals surface area contributed by atoms with Crippen LogP contribution in [0.25, 0.3) is 0 Å². The number of anilines is 2. The van der Waals surface area contributed by atoms with Crippen LogP contribution in [0.4, 0.5) is 11.4 Å². The van der Waals surface area contributed by atoms with E-state index in [1.165, 1.54) is 140 Å². The maximum atomic E-state index is 2.81. The molecule has 4 aliphatic rings. The molecule has 0 spiro atoms. The fraction of sp³-hybridized carbons (Fsp3) is 0.591. The Bertz CT molecular complexity index is 1390. The first kappa shape index (κ1) is 34.5. The van der Waals surface area contributed by atoms with Crippen molar-refractivity contribution in [2.75, 3.05) is 22.9 Å². The first-order valence-corrected chi connectivity index (χ1v) is 20.8. The average Bonchev–Trinajstić information content (AvgIpc) is 3.43. The lowest BCUT2D eigenvalue weighted by Gasteiger charge is -2.47. The van der Waals surface area contributed by atoms with Gasteiger partial charge in [-0.2, -0.15) is 0 Å². The molecule has 0 aromatic heterocycles. The lowest BCUT2D eigenvalue weighted by molar-refractivity contribution is 0.479. The van der Waals surface area contributed by atoms with Gasteiger partial charge in [0, 0.05) is 35.7 Å². The molecule has 0 N–H and O–H groups in total. The van der Waals surface area contributed by atoms with Crippen LogP contribution in [0, 0.1) is 41.5 Å². The summed E-state index contributed by atoms with van der Waals surface area (Å²) in [4.78, 5) is 5.62. The quantitative estimate of drug-likeness (QED) is 0.287. The summed E-state index contributed by atoms with van der Waals surface area (Å²) < 4.78 is 0. The summed E-state index contributed by atoms with van der Waals surface area (Å²) >= 11 is 0. The molecule has 0 radical (unpaired) electrons. The molecule has 2 aromatic carbocycles. The second-order valence-corrected chi connectivity index (χ2v) is 18.9. The molecule has 3 aliphatic carbocycles. The van der Waals surface area contributed by atoms with E-state index in [1.54, 1.807) is 11.1 Å². The maximum absolute atomic E-state index is 2.81. The van der Waals surface area contributed by atoms with E-state index in [2.05, 4.69) is 102 Å². The minimum absolute atomic E-state index is 0.113. The van der Waals surface area contributed by atoms with Gasteiger partial charge in [-0.3, -0.25) is 0 Å². The zero-order valence-electron chi connectivity index (χ0n) is 31.1. The van der Waals surface area contributed by atoms with E-state index in [-0.39, 0.29) is 7.92 Å². The highest BCUT2D eigenvalue weighted by atomic mass is 31.1. The Balaban J connectivity index is 1.64. The molecule has 47 heavy (non-hydrogen) atoms. The number of hydrogen-bond acceptors (Lipinski definition) is 2. The summed E-state index contributed by atoms with van der Waals surface area (Å²) in [6.07, 6.45) is 23.6. The molecule has 1 aliphatic heterocycles. The lowest BCUT2D eigenvalue weighted by atomic mass is 9.87. The first-order valence-electron chi connectivity index (χ1n) is 19.2. The molecule has 4 fully saturated rings. The topological polar surface area (TPSA) is 6.48 Å². The predicted octanol–water partition coefficient (Wildman–Crippen LogP) is 12.7. The summed E-state index contributed by atoms with van der Waals surface area (Å²) in [5.74, 6) is 1.53. The van der Waals surface area contributed by atoms with Crippen molar-refractivity contribution in [3.63, 3.8) is 0 Å². The van der Waals surface area contributed by atoms with Crippen molar-refractivity contribution in [3.05, 3.63) is 92.3 Å². The second kappa shape index (κ2) is 15.1. The van der Waals surface area contributed by atoms with Gasteiger partial charge >= 0.3 is 0 Å².